The summed E-state index contributed by atoms with van der Waals surface area (Å²) in [7, 11) is 6.64. The van der Waals surface area contributed by atoms with Gasteiger partial charge in [0, 0.05) is 31.1 Å². The van der Waals surface area contributed by atoms with Gasteiger partial charge in [-0.25, -0.2) is 4.98 Å². The van der Waals surface area contributed by atoms with Gasteiger partial charge in [-0.1, -0.05) is 0 Å². The first kappa shape index (κ1) is 22.7. The minimum absolute atomic E-state index is 0.0360. The fraction of sp³-hybridized carbons (Fsp3) is 0.455. The molecule has 1 amide bonds. The van der Waals surface area contributed by atoms with E-state index in [2.05, 4.69) is 4.98 Å². The van der Waals surface area contributed by atoms with E-state index < -0.39 is 58.0 Å². The molecule has 0 bridgehead atoms. The van der Waals surface area contributed by atoms with Crippen LogP contribution in [0.2, 0.25) is 0 Å². The van der Waals surface area contributed by atoms with Crippen molar-refractivity contribution in [2.45, 2.75) is 24.5 Å². The lowest BCUT2D eigenvalue weighted by atomic mass is 9.58. The van der Waals surface area contributed by atoms with Crippen LogP contribution in [0.3, 0.4) is 0 Å². The van der Waals surface area contributed by atoms with E-state index in [4.69, 9.17) is 5.73 Å². The zero-order valence-electron chi connectivity index (χ0n) is 18.7. The molecule has 4 atom stereocenters. The van der Waals surface area contributed by atoms with Crippen LogP contribution < -0.4 is 10.6 Å². The molecule has 0 aliphatic heterocycles. The Bertz CT molecular complexity index is 1170. The zero-order chi connectivity index (χ0) is 24.6. The van der Waals surface area contributed by atoms with Crippen LogP contribution >= 0.6 is 0 Å². The SMILES string of the molecule is CN(C)c1ncc(O)c2c1C[C@H]1C[C@H]3[C@H](N(C)C)C(O)=C(C(N)=O)C(=O)[C@@]3(O)C(O)=C1C2=O. The van der Waals surface area contributed by atoms with E-state index in [-0.39, 0.29) is 29.7 Å². The summed E-state index contributed by atoms with van der Waals surface area (Å²) in [5.41, 5.74) is 2.07. The topological polar surface area (TPSA) is 178 Å². The van der Waals surface area contributed by atoms with Crippen LogP contribution in [-0.2, 0) is 16.0 Å². The number of ketones is 2. The van der Waals surface area contributed by atoms with Crippen molar-refractivity contribution in [3.05, 3.63) is 40.0 Å². The first-order chi connectivity index (χ1) is 15.3. The van der Waals surface area contributed by atoms with E-state index in [0.29, 0.717) is 11.4 Å². The molecule has 0 saturated heterocycles. The molecule has 3 aliphatic carbocycles. The normalized spacial score (nSPS) is 29.1. The minimum Gasteiger partial charge on any atom is -0.510 e. The summed E-state index contributed by atoms with van der Waals surface area (Å²) in [6, 6.07) is -1.02. The number of hydrogen-bond donors (Lipinski definition) is 5. The number of nitrogens with zero attached hydrogens (tertiary/aromatic N) is 3. The molecule has 0 fully saturated rings. The molecule has 1 aromatic heterocycles. The van der Waals surface area contributed by atoms with E-state index >= 15 is 0 Å². The number of pyridine rings is 1. The van der Waals surface area contributed by atoms with Crippen LogP contribution in [0.4, 0.5) is 5.82 Å². The summed E-state index contributed by atoms with van der Waals surface area (Å²) in [6.45, 7) is 0. The molecule has 176 valence electrons. The Morgan fingerprint density at radius 1 is 1.18 bits per heavy atom. The number of aliphatic hydroxyl groups excluding tert-OH is 2. The molecule has 0 unspecified atom stereocenters. The molecule has 6 N–H and O–H groups in total. The number of carbonyl (C=O) groups is 3. The van der Waals surface area contributed by atoms with Crippen molar-refractivity contribution in [2.24, 2.45) is 17.6 Å². The van der Waals surface area contributed by atoms with Gasteiger partial charge in [0.05, 0.1) is 17.8 Å². The molecule has 0 saturated carbocycles. The molecule has 0 spiro atoms. The number of nitrogens with two attached hydrogens (primary N) is 1. The second-order valence-corrected chi connectivity index (χ2v) is 9.18. The maximum atomic E-state index is 13.5. The highest BCUT2D eigenvalue weighted by Crippen LogP contribution is 2.52. The van der Waals surface area contributed by atoms with E-state index in [1.54, 1.807) is 33.1 Å². The third-order valence-corrected chi connectivity index (χ3v) is 6.88. The molecule has 11 nitrogen and oxygen atoms in total. The maximum absolute atomic E-state index is 13.5. The van der Waals surface area contributed by atoms with E-state index in [1.165, 1.54) is 4.90 Å². The van der Waals surface area contributed by atoms with Crippen LogP contribution in [0.15, 0.2) is 28.9 Å². The molecule has 33 heavy (non-hydrogen) atoms. The number of aliphatic hydroxyl groups is 3. The van der Waals surface area contributed by atoms with E-state index in [9.17, 15) is 34.8 Å². The van der Waals surface area contributed by atoms with Crippen molar-refractivity contribution in [1.82, 2.24) is 9.88 Å². The van der Waals surface area contributed by atoms with Gasteiger partial charge in [-0.3, -0.25) is 19.3 Å². The van der Waals surface area contributed by atoms with Gasteiger partial charge in [0.1, 0.15) is 28.7 Å². The summed E-state index contributed by atoms with van der Waals surface area (Å²) in [4.78, 5) is 46.0. The predicted molar refractivity (Wildman–Crippen MR) is 116 cm³/mol. The predicted octanol–water partition coefficient (Wildman–Crippen LogP) is -0.418. The molecular formula is C22H26N4O7. The monoisotopic (exact) mass is 458 g/mol. The summed E-state index contributed by atoms with van der Waals surface area (Å²) >= 11 is 0. The molecule has 4 rings (SSSR count). The molecule has 11 heteroatoms. The Kier molecular flexibility index (Phi) is 5.02. The molecular weight excluding hydrogens is 432 g/mol. The Labute approximate surface area is 189 Å². The Balaban J connectivity index is 1.98. The van der Waals surface area contributed by atoms with Crippen molar-refractivity contribution < 1.29 is 34.8 Å². The number of rotatable bonds is 3. The summed E-state index contributed by atoms with van der Waals surface area (Å²) in [6.07, 6.45) is 1.36. The average molecular weight is 458 g/mol. The fourth-order valence-corrected chi connectivity index (χ4v) is 5.51. The van der Waals surface area contributed by atoms with Crippen molar-refractivity contribution in [3.8, 4) is 5.75 Å². The molecule has 0 radical (unpaired) electrons. The number of anilines is 1. The second kappa shape index (κ2) is 7.29. The van der Waals surface area contributed by atoms with Crippen molar-refractivity contribution >= 4 is 23.3 Å². The van der Waals surface area contributed by atoms with Crippen molar-refractivity contribution in [1.29, 1.82) is 0 Å². The van der Waals surface area contributed by atoms with Gasteiger partial charge in [0.2, 0.25) is 5.78 Å². The highest BCUT2D eigenvalue weighted by atomic mass is 16.3. The number of carbonyl (C=O) groups excluding carboxylic acids is 3. The smallest absolute Gasteiger partial charge is 0.255 e. The van der Waals surface area contributed by atoms with E-state index in [1.807, 2.05) is 0 Å². The Morgan fingerprint density at radius 2 is 1.82 bits per heavy atom. The zero-order valence-corrected chi connectivity index (χ0v) is 18.7. The number of primary amides is 1. The van der Waals surface area contributed by atoms with Crippen LogP contribution in [0, 0.1) is 11.8 Å². The number of Topliss-reactive ketones (excluding diaryl/α,β-unsaturated/α-hetero) is 2. The molecule has 3 aliphatic rings. The van der Waals surface area contributed by atoms with Crippen molar-refractivity contribution in [2.75, 3.05) is 33.1 Å². The minimum atomic E-state index is -2.64. The lowest BCUT2D eigenvalue weighted by Crippen LogP contribution is -2.63. The van der Waals surface area contributed by atoms with Gasteiger partial charge in [-0.15, -0.1) is 0 Å². The van der Waals surface area contributed by atoms with Crippen LogP contribution in [0.25, 0.3) is 0 Å². The van der Waals surface area contributed by atoms with Gasteiger partial charge < -0.3 is 31.1 Å². The number of hydrogen-bond acceptors (Lipinski definition) is 10. The van der Waals surface area contributed by atoms with Crippen LogP contribution in [0.1, 0.15) is 22.3 Å². The lowest BCUT2D eigenvalue weighted by molar-refractivity contribution is -0.148. The first-order valence-electron chi connectivity index (χ1n) is 10.4. The number of allylic oxidation sites excluding steroid dienone is 1. The lowest BCUT2D eigenvalue weighted by Gasteiger charge is -2.50. The fourth-order valence-electron chi connectivity index (χ4n) is 5.51. The summed E-state index contributed by atoms with van der Waals surface area (Å²) in [5.74, 6) is -6.33. The number of amides is 1. The van der Waals surface area contributed by atoms with Gasteiger partial charge in [-0.05, 0) is 32.9 Å². The number of aromatic nitrogens is 1. The Morgan fingerprint density at radius 3 is 2.36 bits per heavy atom. The van der Waals surface area contributed by atoms with Crippen molar-refractivity contribution in [3.63, 3.8) is 0 Å². The van der Waals surface area contributed by atoms with Crippen LogP contribution in [0.5, 0.6) is 5.75 Å². The highest BCUT2D eigenvalue weighted by Gasteiger charge is 2.63. The third kappa shape index (κ3) is 2.89. The van der Waals surface area contributed by atoms with Gasteiger partial charge in [0.15, 0.2) is 11.4 Å². The van der Waals surface area contributed by atoms with Crippen LogP contribution in [-0.4, -0.2) is 87.6 Å². The average Bonchev–Trinajstić information content (AvgIpc) is 2.70. The standard InChI is InChI=1S/C22H26N4O7/c1-25(2)15-10-6-8-5-9-13(11(27)7-24-21(9)26(3)4)16(28)12(8)18(30)22(10,33)19(31)14(17(15)29)20(23)32/h7-8,10,15,27,29-30,33H,5-6H2,1-4H3,(H2,23,32)/t8-,10-,15-,22-/m0/s1. The van der Waals surface area contributed by atoms with Gasteiger partial charge in [0.25, 0.3) is 5.91 Å². The largest absolute Gasteiger partial charge is 0.510 e. The number of likely N-dealkylation sites (N-methyl/N-ethyl adjacent to an activating group) is 1. The van der Waals surface area contributed by atoms with Gasteiger partial charge >= 0.3 is 0 Å². The number of fused-ring (bicyclic) bond motifs is 3. The van der Waals surface area contributed by atoms with Gasteiger partial charge in [-0.2, -0.15) is 0 Å². The molecule has 1 heterocycles. The summed E-state index contributed by atoms with van der Waals surface area (Å²) < 4.78 is 0. The molecule has 1 aromatic rings. The highest BCUT2D eigenvalue weighted by molar-refractivity contribution is 6.24. The first-order valence-corrected chi connectivity index (χ1v) is 10.4. The maximum Gasteiger partial charge on any atom is 0.255 e. The number of aromatic hydroxyl groups is 1. The van der Waals surface area contributed by atoms with E-state index in [0.717, 1.165) is 6.20 Å². The second-order valence-electron chi connectivity index (χ2n) is 9.18. The Hall–Kier alpha value is -3.44. The third-order valence-electron chi connectivity index (χ3n) is 6.88. The summed E-state index contributed by atoms with van der Waals surface area (Å²) in [5, 5.41) is 43.8. The molecule has 0 aromatic carbocycles. The quantitative estimate of drug-likeness (QED) is 0.374.